The molecular weight excluding hydrogens is 558 g/mol. The minimum Gasteiger partial charge on any atom is -0.338 e. The highest BCUT2D eigenvalue weighted by molar-refractivity contribution is 7.99. The molecule has 198 valence electrons. The van der Waals surface area contributed by atoms with Gasteiger partial charge in [0.1, 0.15) is 12.4 Å². The van der Waals surface area contributed by atoms with Crippen molar-refractivity contribution in [3.63, 3.8) is 0 Å². The van der Waals surface area contributed by atoms with Crippen molar-refractivity contribution in [2.24, 2.45) is 0 Å². The van der Waals surface area contributed by atoms with Gasteiger partial charge in [-0.05, 0) is 79.3 Å². The summed E-state index contributed by atoms with van der Waals surface area (Å²) in [4.78, 5) is 18.7. The van der Waals surface area contributed by atoms with Gasteiger partial charge >= 0.3 is 0 Å². The second-order valence-corrected chi connectivity index (χ2v) is 11.6. The number of nitrogens with one attached hydrogen (secondary N) is 1. The Hall–Kier alpha value is -3.33. The Labute approximate surface area is 238 Å². The Kier molecular flexibility index (Phi) is 6.87. The molecule has 3 aromatic carbocycles. The first-order valence-corrected chi connectivity index (χ1v) is 14.2. The number of amides is 1. The van der Waals surface area contributed by atoms with Gasteiger partial charge in [0.15, 0.2) is 5.82 Å². The zero-order chi connectivity index (χ0) is 27.1. The Morgan fingerprint density at radius 1 is 1.10 bits per heavy atom. The van der Waals surface area contributed by atoms with Gasteiger partial charge in [0.05, 0.1) is 5.41 Å². The van der Waals surface area contributed by atoms with Gasteiger partial charge in [-0.25, -0.2) is 4.39 Å². The first-order chi connectivity index (χ1) is 18.9. The number of hydrogen-bond donors (Lipinski definition) is 1. The van der Waals surface area contributed by atoms with E-state index in [9.17, 15) is 9.18 Å². The van der Waals surface area contributed by atoms with Crippen LogP contribution in [0.1, 0.15) is 31.2 Å². The average molecular weight is 582 g/mol. The molecule has 6 rings (SSSR count). The highest BCUT2D eigenvalue weighted by Crippen LogP contribution is 2.57. The molecule has 1 saturated carbocycles. The maximum absolute atomic E-state index is 13.3. The van der Waals surface area contributed by atoms with Gasteiger partial charge in [-0.2, -0.15) is 4.98 Å². The van der Waals surface area contributed by atoms with E-state index < -0.39 is 5.41 Å². The maximum atomic E-state index is 13.3. The van der Waals surface area contributed by atoms with Crippen LogP contribution in [0.25, 0.3) is 22.4 Å². The molecule has 1 aliphatic carbocycles. The first-order valence-electron chi connectivity index (χ1n) is 12.5. The largest absolute Gasteiger partial charge is 0.338 e. The van der Waals surface area contributed by atoms with Gasteiger partial charge in [-0.1, -0.05) is 35.3 Å². The lowest BCUT2D eigenvalue weighted by atomic mass is 9.94. The summed E-state index contributed by atoms with van der Waals surface area (Å²) in [6.45, 7) is 2.27. The molecule has 5 aromatic rings. The smallest absolute Gasteiger partial charge is 0.257 e. The number of fused-ring (bicyclic) bond motifs is 1. The Morgan fingerprint density at radius 2 is 1.85 bits per heavy atom. The number of nitrogens with zero attached hydrogens (tertiary/aromatic N) is 3. The summed E-state index contributed by atoms with van der Waals surface area (Å²) in [5.41, 5.74) is 2.25. The van der Waals surface area contributed by atoms with E-state index in [1.54, 1.807) is 36.0 Å². The molecule has 2 aromatic heterocycles. The van der Waals surface area contributed by atoms with Crippen molar-refractivity contribution in [2.45, 2.75) is 36.6 Å². The van der Waals surface area contributed by atoms with E-state index in [1.807, 2.05) is 22.9 Å². The van der Waals surface area contributed by atoms with E-state index in [0.717, 1.165) is 29.5 Å². The van der Waals surface area contributed by atoms with Crippen molar-refractivity contribution in [3.05, 3.63) is 94.1 Å². The zero-order valence-electron chi connectivity index (χ0n) is 20.9. The third-order valence-corrected chi connectivity index (χ3v) is 8.34. The molecular formula is C29H23Cl2FN4O2S. The molecule has 6 nitrogen and oxygen atoms in total. The Morgan fingerprint density at radius 3 is 2.54 bits per heavy atom. The summed E-state index contributed by atoms with van der Waals surface area (Å²) in [5.74, 6) is 1.24. The Bertz CT molecular complexity index is 1670. The summed E-state index contributed by atoms with van der Waals surface area (Å²) in [6.07, 6.45) is 3.41. The summed E-state index contributed by atoms with van der Waals surface area (Å²) < 4.78 is 20.7. The Balaban J connectivity index is 1.20. The topological polar surface area (TPSA) is 73.0 Å². The van der Waals surface area contributed by atoms with Crippen molar-refractivity contribution in [2.75, 3.05) is 11.1 Å². The molecule has 1 N–H and O–H groups in total. The SMILES string of the molecule is CCSc1ccc2c(ccn2CC(=O)Nc2cc(Cl)c(C3(c4noc(-c5ccc(F)cc5)n4)CC3)c(Cl)c2)c1. The number of anilines is 1. The van der Waals surface area contributed by atoms with E-state index in [2.05, 4.69) is 34.5 Å². The van der Waals surface area contributed by atoms with E-state index in [4.69, 9.17) is 27.7 Å². The lowest BCUT2D eigenvalue weighted by molar-refractivity contribution is -0.116. The molecule has 1 amide bonds. The minimum atomic E-state index is -0.572. The van der Waals surface area contributed by atoms with Crippen LogP contribution >= 0.6 is 35.0 Å². The lowest BCUT2D eigenvalue weighted by Crippen LogP contribution is -2.19. The highest BCUT2D eigenvalue weighted by Gasteiger charge is 2.52. The van der Waals surface area contributed by atoms with Gasteiger partial charge < -0.3 is 14.4 Å². The fourth-order valence-electron chi connectivity index (χ4n) is 4.87. The van der Waals surface area contributed by atoms with E-state index in [-0.39, 0.29) is 18.3 Å². The van der Waals surface area contributed by atoms with E-state index in [1.165, 1.54) is 17.0 Å². The van der Waals surface area contributed by atoms with Gasteiger partial charge in [0.2, 0.25) is 5.91 Å². The van der Waals surface area contributed by atoms with E-state index in [0.29, 0.717) is 38.6 Å². The fraction of sp³-hybridized carbons (Fsp3) is 0.207. The van der Waals surface area contributed by atoms with Crippen molar-refractivity contribution in [3.8, 4) is 11.5 Å². The number of carbonyl (C=O) groups is 1. The molecule has 0 radical (unpaired) electrons. The molecule has 0 bridgehead atoms. The van der Waals surface area contributed by atoms with Crippen LogP contribution in [0.4, 0.5) is 10.1 Å². The number of carbonyl (C=O) groups excluding carboxylic acids is 1. The second kappa shape index (κ2) is 10.3. The molecule has 0 spiro atoms. The summed E-state index contributed by atoms with van der Waals surface area (Å²) in [6, 6.07) is 17.5. The molecule has 0 unspecified atom stereocenters. The van der Waals surface area contributed by atoms with Crippen molar-refractivity contribution in [1.29, 1.82) is 0 Å². The summed E-state index contributed by atoms with van der Waals surface area (Å²) in [5, 5.41) is 9.02. The summed E-state index contributed by atoms with van der Waals surface area (Å²) in [7, 11) is 0. The van der Waals surface area contributed by atoms with Crippen LogP contribution in [0.15, 0.2) is 76.3 Å². The third-order valence-electron chi connectivity index (χ3n) is 6.87. The molecule has 10 heteroatoms. The standard InChI is InChI=1S/C29H23Cl2FN4O2S/c1-2-39-21-7-8-24-18(13-21)9-12-36(24)16-25(37)33-20-14-22(30)26(23(31)15-20)29(10-11-29)28-34-27(38-35-28)17-3-5-19(32)6-4-17/h3-9,12-15H,2,10-11,16H2,1H3,(H,33,37). The van der Waals surface area contributed by atoms with E-state index >= 15 is 0 Å². The fourth-order valence-corrected chi connectivity index (χ4v) is 6.42. The quantitative estimate of drug-likeness (QED) is 0.188. The van der Waals surface area contributed by atoms with Crippen LogP contribution in [-0.2, 0) is 16.8 Å². The number of aromatic nitrogens is 3. The third kappa shape index (κ3) is 5.04. The number of halogens is 3. The summed E-state index contributed by atoms with van der Waals surface area (Å²) >= 11 is 15.2. The molecule has 0 aliphatic heterocycles. The zero-order valence-corrected chi connectivity index (χ0v) is 23.2. The van der Waals surface area contributed by atoms with Gasteiger partial charge in [0.25, 0.3) is 5.89 Å². The number of rotatable bonds is 8. The van der Waals surface area contributed by atoms with Crippen LogP contribution in [-0.4, -0.2) is 26.4 Å². The monoisotopic (exact) mass is 580 g/mol. The molecule has 0 atom stereocenters. The van der Waals surface area contributed by atoms with Crippen LogP contribution in [0.5, 0.6) is 0 Å². The van der Waals surface area contributed by atoms with Crippen molar-refractivity contribution < 1.29 is 13.7 Å². The van der Waals surface area contributed by atoms with Gasteiger partial charge in [0, 0.05) is 48.9 Å². The van der Waals surface area contributed by atoms with Gasteiger partial charge in [-0.3, -0.25) is 4.79 Å². The van der Waals surface area contributed by atoms with Crippen LogP contribution in [0.3, 0.4) is 0 Å². The number of hydrogen-bond acceptors (Lipinski definition) is 5. The lowest BCUT2D eigenvalue weighted by Gasteiger charge is -2.17. The second-order valence-electron chi connectivity index (χ2n) is 9.47. The normalized spacial score (nSPS) is 14.1. The minimum absolute atomic E-state index is 0.152. The highest BCUT2D eigenvalue weighted by atomic mass is 35.5. The number of benzene rings is 3. The van der Waals surface area contributed by atoms with Crippen LogP contribution < -0.4 is 5.32 Å². The molecule has 1 fully saturated rings. The predicted octanol–water partition coefficient (Wildman–Crippen LogP) is 7.97. The van der Waals surface area contributed by atoms with Crippen LogP contribution in [0.2, 0.25) is 10.0 Å². The van der Waals surface area contributed by atoms with Crippen LogP contribution in [0, 0.1) is 5.82 Å². The van der Waals surface area contributed by atoms with Crippen molar-refractivity contribution >= 4 is 57.5 Å². The molecule has 2 heterocycles. The predicted molar refractivity (Wildman–Crippen MR) is 153 cm³/mol. The molecule has 1 aliphatic rings. The van der Waals surface area contributed by atoms with Crippen molar-refractivity contribution in [1.82, 2.24) is 14.7 Å². The first kappa shape index (κ1) is 25.9. The molecule has 39 heavy (non-hydrogen) atoms. The number of thioether (sulfide) groups is 1. The average Bonchev–Trinajstić information content (AvgIpc) is 3.35. The molecule has 0 saturated heterocycles. The maximum Gasteiger partial charge on any atom is 0.257 e. The van der Waals surface area contributed by atoms with Gasteiger partial charge in [-0.15, -0.1) is 11.8 Å².